The molecular formula is C19H20O3. The molecule has 114 valence electrons. The molecule has 0 aliphatic rings. The molecule has 0 aliphatic carbocycles. The van der Waals surface area contributed by atoms with Gasteiger partial charge in [0.1, 0.15) is 5.75 Å². The van der Waals surface area contributed by atoms with Crippen molar-refractivity contribution in [3.63, 3.8) is 0 Å². The Bertz CT molecular complexity index is 629. The number of aliphatic hydroxyl groups excluding tert-OH is 1. The van der Waals surface area contributed by atoms with Crippen molar-refractivity contribution in [2.75, 3.05) is 7.11 Å². The first-order valence-corrected chi connectivity index (χ1v) is 7.21. The lowest BCUT2D eigenvalue weighted by atomic mass is 9.93. The molecule has 0 heterocycles. The van der Waals surface area contributed by atoms with Crippen LogP contribution in [0.25, 0.3) is 6.08 Å². The van der Waals surface area contributed by atoms with Crippen molar-refractivity contribution in [1.29, 1.82) is 0 Å². The first kappa shape index (κ1) is 16.0. The Labute approximate surface area is 130 Å². The molecule has 2 aromatic carbocycles. The topological polar surface area (TPSA) is 46.5 Å². The molecule has 0 radical (unpaired) electrons. The van der Waals surface area contributed by atoms with Gasteiger partial charge in [0, 0.05) is 11.5 Å². The van der Waals surface area contributed by atoms with Gasteiger partial charge < -0.3 is 9.84 Å². The highest BCUT2D eigenvalue weighted by Gasteiger charge is 2.21. The van der Waals surface area contributed by atoms with Crippen LogP contribution >= 0.6 is 0 Å². The van der Waals surface area contributed by atoms with Crippen molar-refractivity contribution >= 4 is 11.9 Å². The van der Waals surface area contributed by atoms with Crippen LogP contribution in [-0.2, 0) is 0 Å². The van der Waals surface area contributed by atoms with Crippen LogP contribution < -0.4 is 4.74 Å². The van der Waals surface area contributed by atoms with Crippen LogP contribution in [0.4, 0.5) is 0 Å². The molecular weight excluding hydrogens is 276 g/mol. The summed E-state index contributed by atoms with van der Waals surface area (Å²) in [5.41, 5.74) is 1.56. The molecule has 1 N–H and O–H groups in total. The van der Waals surface area contributed by atoms with Crippen molar-refractivity contribution in [1.82, 2.24) is 0 Å². The minimum atomic E-state index is -0.824. The second-order valence-corrected chi connectivity index (χ2v) is 5.14. The summed E-state index contributed by atoms with van der Waals surface area (Å²) in [6.07, 6.45) is 2.65. The maximum absolute atomic E-state index is 12.4. The fourth-order valence-corrected chi connectivity index (χ4v) is 2.11. The summed E-state index contributed by atoms with van der Waals surface area (Å²) < 4.78 is 5.07. The molecule has 0 bridgehead atoms. The third-order valence-electron chi connectivity index (χ3n) is 3.59. The highest BCUT2D eigenvalue weighted by molar-refractivity contribution is 5.98. The molecule has 3 heteroatoms. The van der Waals surface area contributed by atoms with Crippen LogP contribution in [0.15, 0.2) is 60.7 Å². The fourth-order valence-electron chi connectivity index (χ4n) is 2.11. The van der Waals surface area contributed by atoms with E-state index in [-0.39, 0.29) is 5.78 Å². The highest BCUT2D eigenvalue weighted by Crippen LogP contribution is 2.17. The first-order chi connectivity index (χ1) is 10.6. The number of ether oxygens (including phenoxy) is 1. The van der Waals surface area contributed by atoms with Gasteiger partial charge in [-0.1, -0.05) is 49.4 Å². The Kier molecular flexibility index (Phi) is 5.50. The maximum Gasteiger partial charge on any atom is 0.168 e. The summed E-state index contributed by atoms with van der Waals surface area (Å²) in [6.45, 7) is 1.73. The van der Waals surface area contributed by atoms with Gasteiger partial charge in [-0.25, -0.2) is 0 Å². The van der Waals surface area contributed by atoms with E-state index >= 15 is 0 Å². The second kappa shape index (κ2) is 7.57. The number of rotatable bonds is 6. The number of hydrogen-bond donors (Lipinski definition) is 1. The average molecular weight is 296 g/mol. The van der Waals surface area contributed by atoms with Gasteiger partial charge in [-0.15, -0.1) is 0 Å². The lowest BCUT2D eigenvalue weighted by Crippen LogP contribution is -2.24. The van der Waals surface area contributed by atoms with Crippen molar-refractivity contribution in [2.24, 2.45) is 5.92 Å². The third kappa shape index (κ3) is 4.06. The summed E-state index contributed by atoms with van der Waals surface area (Å²) in [5.74, 6) is 0.106. The zero-order valence-corrected chi connectivity index (χ0v) is 12.8. The third-order valence-corrected chi connectivity index (χ3v) is 3.59. The fraction of sp³-hybridized carbons (Fsp3) is 0.211. The van der Waals surface area contributed by atoms with Gasteiger partial charge in [0.05, 0.1) is 13.2 Å². The minimum Gasteiger partial charge on any atom is -0.497 e. The Morgan fingerprint density at radius 2 is 1.73 bits per heavy atom. The number of carbonyl (C=O) groups excluding carboxylic acids is 1. The molecule has 0 fully saturated rings. The van der Waals surface area contributed by atoms with Crippen LogP contribution in [0.3, 0.4) is 0 Å². The van der Waals surface area contributed by atoms with Gasteiger partial charge >= 0.3 is 0 Å². The first-order valence-electron chi connectivity index (χ1n) is 7.21. The number of ketones is 1. The Morgan fingerprint density at radius 3 is 2.32 bits per heavy atom. The van der Waals surface area contributed by atoms with Crippen LogP contribution in [0.5, 0.6) is 5.75 Å². The number of hydrogen-bond acceptors (Lipinski definition) is 3. The minimum absolute atomic E-state index is 0.0899. The molecule has 2 rings (SSSR count). The average Bonchev–Trinajstić information content (AvgIpc) is 2.59. The van der Waals surface area contributed by atoms with E-state index in [1.807, 2.05) is 36.4 Å². The molecule has 2 atom stereocenters. The van der Waals surface area contributed by atoms with Gasteiger partial charge in [-0.2, -0.15) is 0 Å². The molecule has 0 amide bonds. The van der Waals surface area contributed by atoms with E-state index in [9.17, 15) is 9.90 Å². The van der Waals surface area contributed by atoms with E-state index in [2.05, 4.69) is 0 Å². The lowest BCUT2D eigenvalue weighted by Gasteiger charge is -2.14. The van der Waals surface area contributed by atoms with Gasteiger partial charge in [-0.05, 0) is 29.8 Å². The summed E-state index contributed by atoms with van der Waals surface area (Å²) in [5, 5.41) is 10.2. The van der Waals surface area contributed by atoms with E-state index in [0.29, 0.717) is 11.3 Å². The Hall–Kier alpha value is -2.39. The molecule has 0 saturated carbocycles. The van der Waals surface area contributed by atoms with Crippen LogP contribution in [-0.4, -0.2) is 24.1 Å². The number of benzene rings is 2. The molecule has 0 unspecified atom stereocenters. The van der Waals surface area contributed by atoms with E-state index in [1.54, 1.807) is 44.4 Å². The second-order valence-electron chi connectivity index (χ2n) is 5.14. The van der Waals surface area contributed by atoms with Crippen LogP contribution in [0.1, 0.15) is 22.8 Å². The standard InChI is InChI=1S/C19H20O3/c1-14(18(20)13-8-15-6-4-3-5-7-15)19(21)16-9-11-17(22-2)12-10-16/h3-14,18,20H,1-2H3/b13-8+/t14-,18+/m0/s1. The number of carbonyl (C=O) groups is 1. The summed E-state index contributed by atoms with van der Waals surface area (Å²) in [7, 11) is 1.58. The molecule has 0 spiro atoms. The predicted molar refractivity (Wildman–Crippen MR) is 88.0 cm³/mol. The van der Waals surface area contributed by atoms with Crippen molar-refractivity contribution in [2.45, 2.75) is 13.0 Å². The largest absolute Gasteiger partial charge is 0.497 e. The Balaban J connectivity index is 2.04. The van der Waals surface area contributed by atoms with Gasteiger partial charge in [0.25, 0.3) is 0 Å². The molecule has 0 aliphatic heterocycles. The van der Waals surface area contributed by atoms with E-state index in [1.165, 1.54) is 0 Å². The number of Topliss-reactive ketones (excluding diaryl/α,β-unsaturated/α-hetero) is 1. The maximum atomic E-state index is 12.4. The van der Waals surface area contributed by atoms with Gasteiger partial charge in [-0.3, -0.25) is 4.79 Å². The van der Waals surface area contributed by atoms with Crippen molar-refractivity contribution in [3.05, 3.63) is 71.8 Å². The molecule has 2 aromatic rings. The zero-order chi connectivity index (χ0) is 15.9. The van der Waals surface area contributed by atoms with E-state index in [4.69, 9.17) is 4.74 Å². The molecule has 0 aromatic heterocycles. The van der Waals surface area contributed by atoms with E-state index in [0.717, 1.165) is 5.56 Å². The van der Waals surface area contributed by atoms with Crippen molar-refractivity contribution < 1.29 is 14.6 Å². The quantitative estimate of drug-likeness (QED) is 0.829. The Morgan fingerprint density at radius 1 is 1.09 bits per heavy atom. The lowest BCUT2D eigenvalue weighted by molar-refractivity contribution is 0.0806. The molecule has 0 saturated heterocycles. The van der Waals surface area contributed by atoms with E-state index < -0.39 is 12.0 Å². The van der Waals surface area contributed by atoms with Gasteiger partial charge in [0.15, 0.2) is 5.78 Å². The smallest absolute Gasteiger partial charge is 0.168 e. The molecule has 22 heavy (non-hydrogen) atoms. The number of aliphatic hydroxyl groups is 1. The normalized spacial score (nSPS) is 13.8. The zero-order valence-electron chi connectivity index (χ0n) is 12.8. The SMILES string of the molecule is COc1ccc(C(=O)[C@@H](C)[C@H](O)/C=C/c2ccccc2)cc1. The summed E-state index contributed by atoms with van der Waals surface area (Å²) in [4.78, 5) is 12.4. The van der Waals surface area contributed by atoms with Crippen molar-refractivity contribution in [3.8, 4) is 5.75 Å². The highest BCUT2D eigenvalue weighted by atomic mass is 16.5. The van der Waals surface area contributed by atoms with Crippen LogP contribution in [0, 0.1) is 5.92 Å². The van der Waals surface area contributed by atoms with Gasteiger partial charge in [0.2, 0.25) is 0 Å². The number of methoxy groups -OCH3 is 1. The van der Waals surface area contributed by atoms with Crippen LogP contribution in [0.2, 0.25) is 0 Å². The summed E-state index contributed by atoms with van der Waals surface area (Å²) >= 11 is 0. The molecule has 3 nitrogen and oxygen atoms in total. The predicted octanol–water partition coefficient (Wildman–Crippen LogP) is 3.59. The summed E-state index contributed by atoms with van der Waals surface area (Å²) in [6, 6.07) is 16.6. The monoisotopic (exact) mass is 296 g/mol.